The van der Waals surface area contributed by atoms with Gasteiger partial charge in [0.2, 0.25) is 5.13 Å². The first-order valence-electron chi connectivity index (χ1n) is 5.64. The Balaban J connectivity index is 1.81. The predicted molar refractivity (Wildman–Crippen MR) is 87.5 cm³/mol. The van der Waals surface area contributed by atoms with E-state index in [-0.39, 0.29) is 0 Å². The van der Waals surface area contributed by atoms with Gasteiger partial charge in [0.25, 0.3) is 0 Å². The number of nitrogens with one attached hydrogen (secondary N) is 1. The third kappa shape index (κ3) is 2.86. The van der Waals surface area contributed by atoms with Gasteiger partial charge in [0, 0.05) is 0 Å². The molecule has 19 heavy (non-hydrogen) atoms. The fourth-order valence-electron chi connectivity index (χ4n) is 1.62. The van der Waals surface area contributed by atoms with Gasteiger partial charge in [0.05, 0.1) is 24.6 Å². The molecule has 1 aromatic carbocycles. The summed E-state index contributed by atoms with van der Waals surface area (Å²) in [4.78, 5) is 5.62. The van der Waals surface area contributed by atoms with Crippen LogP contribution in [0.4, 0.5) is 5.13 Å². The minimum Gasteiger partial charge on any atom is -0.252 e. The maximum absolute atomic E-state index is 4.48. The van der Waals surface area contributed by atoms with E-state index >= 15 is 0 Å². The van der Waals surface area contributed by atoms with Crippen LogP contribution >= 0.6 is 38.6 Å². The summed E-state index contributed by atoms with van der Waals surface area (Å²) in [7, 11) is 0. The van der Waals surface area contributed by atoms with Crippen LogP contribution in [0.25, 0.3) is 10.2 Å². The lowest BCUT2D eigenvalue weighted by Crippen LogP contribution is -1.96. The average Bonchev–Trinajstić information content (AvgIpc) is 3.01. The lowest BCUT2D eigenvalue weighted by Gasteiger charge is -1.96. The summed E-state index contributed by atoms with van der Waals surface area (Å²) >= 11 is 6.72. The van der Waals surface area contributed by atoms with Crippen LogP contribution in [0, 0.1) is 0 Å². The average molecular weight is 352 g/mol. The highest BCUT2D eigenvalue weighted by Crippen LogP contribution is 2.26. The summed E-state index contributed by atoms with van der Waals surface area (Å²) in [6, 6.07) is 12.1. The molecule has 0 spiro atoms. The van der Waals surface area contributed by atoms with E-state index in [1.807, 2.05) is 37.3 Å². The molecule has 0 radical (unpaired) electrons. The smallest absolute Gasteiger partial charge is 0.204 e. The van der Waals surface area contributed by atoms with Crippen LogP contribution in [0.3, 0.4) is 0 Å². The number of hydrazone groups is 1. The Morgan fingerprint density at radius 1 is 1.21 bits per heavy atom. The number of aromatic nitrogens is 1. The first-order chi connectivity index (χ1) is 9.22. The predicted octanol–water partition coefficient (Wildman–Crippen LogP) is 4.96. The van der Waals surface area contributed by atoms with Crippen LogP contribution < -0.4 is 5.43 Å². The molecule has 96 valence electrons. The topological polar surface area (TPSA) is 37.3 Å². The molecule has 0 amide bonds. The van der Waals surface area contributed by atoms with Crippen molar-refractivity contribution in [1.82, 2.24) is 4.98 Å². The van der Waals surface area contributed by atoms with Gasteiger partial charge in [-0.1, -0.05) is 23.5 Å². The number of fused-ring (bicyclic) bond motifs is 1. The van der Waals surface area contributed by atoms with Gasteiger partial charge >= 0.3 is 0 Å². The normalized spacial score (nSPS) is 12.0. The lowest BCUT2D eigenvalue weighted by molar-refractivity contribution is 1.29. The number of rotatable bonds is 3. The second-order valence-electron chi connectivity index (χ2n) is 3.90. The summed E-state index contributed by atoms with van der Waals surface area (Å²) < 4.78 is 2.27. The number of benzene rings is 1. The molecule has 6 heteroatoms. The summed E-state index contributed by atoms with van der Waals surface area (Å²) in [5.41, 5.74) is 4.98. The van der Waals surface area contributed by atoms with Gasteiger partial charge in [0.15, 0.2) is 0 Å². The van der Waals surface area contributed by atoms with Crippen LogP contribution in [0.2, 0.25) is 0 Å². The molecule has 0 unspecified atom stereocenters. The maximum Gasteiger partial charge on any atom is 0.204 e. The highest BCUT2D eigenvalue weighted by Gasteiger charge is 2.04. The zero-order valence-electron chi connectivity index (χ0n) is 10.1. The number of hydrogen-bond donors (Lipinski definition) is 1. The number of thiazole rings is 1. The van der Waals surface area contributed by atoms with E-state index in [1.54, 1.807) is 22.7 Å². The van der Waals surface area contributed by atoms with Crippen LogP contribution in [0.5, 0.6) is 0 Å². The molecular weight excluding hydrogens is 342 g/mol. The summed E-state index contributed by atoms with van der Waals surface area (Å²) in [6.07, 6.45) is 0. The lowest BCUT2D eigenvalue weighted by atomic mass is 10.3. The van der Waals surface area contributed by atoms with Crippen LogP contribution in [0.1, 0.15) is 11.8 Å². The Morgan fingerprint density at radius 2 is 2.05 bits per heavy atom. The molecule has 0 aliphatic rings. The first kappa shape index (κ1) is 12.8. The highest BCUT2D eigenvalue weighted by atomic mass is 79.9. The third-order valence-corrected chi connectivity index (χ3v) is 5.22. The van der Waals surface area contributed by atoms with Gasteiger partial charge in [-0.15, -0.1) is 11.3 Å². The summed E-state index contributed by atoms with van der Waals surface area (Å²) in [5.74, 6) is 0. The molecular formula is C13H10BrN3S2. The van der Waals surface area contributed by atoms with E-state index in [9.17, 15) is 0 Å². The first-order valence-corrected chi connectivity index (χ1v) is 8.06. The van der Waals surface area contributed by atoms with Crippen molar-refractivity contribution in [3.05, 3.63) is 45.1 Å². The number of hydrogen-bond acceptors (Lipinski definition) is 5. The Kier molecular flexibility index (Phi) is 3.63. The van der Waals surface area contributed by atoms with Crippen LogP contribution in [-0.4, -0.2) is 10.7 Å². The standard InChI is InChI=1S/C13H10BrN3S2/c1-8(10-6-7-12(14)18-10)16-17-13-15-9-4-2-3-5-11(9)19-13/h2-7H,1H3,(H,15,17)/b16-8+. The summed E-state index contributed by atoms with van der Waals surface area (Å²) in [6.45, 7) is 1.98. The molecule has 3 aromatic rings. The fraction of sp³-hybridized carbons (Fsp3) is 0.0769. The zero-order valence-corrected chi connectivity index (χ0v) is 13.3. The number of anilines is 1. The Morgan fingerprint density at radius 3 is 2.79 bits per heavy atom. The monoisotopic (exact) mass is 351 g/mol. The second kappa shape index (κ2) is 5.40. The molecule has 0 aliphatic heterocycles. The van der Waals surface area contributed by atoms with Gasteiger partial charge in [-0.25, -0.2) is 4.98 Å². The molecule has 3 nitrogen and oxygen atoms in total. The van der Waals surface area contributed by atoms with E-state index in [2.05, 4.69) is 37.5 Å². The van der Waals surface area contributed by atoms with Crippen LogP contribution in [-0.2, 0) is 0 Å². The van der Waals surface area contributed by atoms with E-state index in [0.29, 0.717) is 0 Å². The number of halogens is 1. The zero-order chi connectivity index (χ0) is 13.2. The largest absolute Gasteiger partial charge is 0.252 e. The molecule has 3 rings (SSSR count). The number of nitrogens with zero attached hydrogens (tertiary/aromatic N) is 2. The molecule has 0 aliphatic carbocycles. The number of thiophene rings is 1. The Hall–Kier alpha value is -1.24. The molecule has 2 aromatic heterocycles. The molecule has 0 atom stereocenters. The van der Waals surface area contributed by atoms with Crippen molar-refractivity contribution in [3.8, 4) is 0 Å². The third-order valence-electron chi connectivity index (χ3n) is 2.54. The van der Waals surface area contributed by atoms with Crippen LogP contribution in [0.15, 0.2) is 45.3 Å². The van der Waals surface area contributed by atoms with Crippen molar-refractivity contribution in [2.24, 2.45) is 5.10 Å². The SMILES string of the molecule is C/C(=N\Nc1nc2ccccc2s1)c1ccc(Br)s1. The molecule has 0 saturated carbocycles. The molecule has 0 bridgehead atoms. The van der Waals surface area contributed by atoms with Crippen molar-refractivity contribution in [3.63, 3.8) is 0 Å². The van der Waals surface area contributed by atoms with Crippen molar-refractivity contribution in [1.29, 1.82) is 0 Å². The molecule has 2 heterocycles. The fourth-order valence-corrected chi connectivity index (χ4v) is 3.75. The van der Waals surface area contributed by atoms with Gasteiger partial charge < -0.3 is 0 Å². The van der Waals surface area contributed by atoms with E-state index in [1.165, 1.54) is 0 Å². The van der Waals surface area contributed by atoms with Gasteiger partial charge in [-0.05, 0) is 47.1 Å². The minimum absolute atomic E-state index is 0.816. The Labute approximate surface area is 127 Å². The van der Waals surface area contributed by atoms with Gasteiger partial charge in [-0.2, -0.15) is 5.10 Å². The summed E-state index contributed by atoms with van der Waals surface area (Å²) in [5, 5.41) is 5.19. The Bertz CT molecular complexity index is 712. The molecule has 1 N–H and O–H groups in total. The highest BCUT2D eigenvalue weighted by molar-refractivity contribution is 9.11. The number of para-hydroxylation sites is 1. The quantitative estimate of drug-likeness (QED) is 0.535. The maximum atomic E-state index is 4.48. The van der Waals surface area contributed by atoms with Crippen molar-refractivity contribution < 1.29 is 0 Å². The molecule has 0 fully saturated rings. The van der Waals surface area contributed by atoms with Crippen molar-refractivity contribution in [2.75, 3.05) is 5.43 Å². The second-order valence-corrected chi connectivity index (χ2v) is 7.39. The van der Waals surface area contributed by atoms with Gasteiger partial charge in [0.1, 0.15) is 0 Å². The molecule has 0 saturated heterocycles. The van der Waals surface area contributed by atoms with E-state index in [4.69, 9.17) is 0 Å². The minimum atomic E-state index is 0.816. The van der Waals surface area contributed by atoms with Gasteiger partial charge in [-0.3, -0.25) is 5.43 Å². The van der Waals surface area contributed by atoms with Crippen molar-refractivity contribution >= 4 is 59.7 Å². The van der Waals surface area contributed by atoms with E-state index in [0.717, 1.165) is 29.7 Å². The van der Waals surface area contributed by atoms with Crippen molar-refractivity contribution in [2.45, 2.75) is 6.92 Å². The van der Waals surface area contributed by atoms with E-state index < -0.39 is 0 Å².